The van der Waals surface area contributed by atoms with Gasteiger partial charge in [0, 0.05) is 22.4 Å². The lowest BCUT2D eigenvalue weighted by Gasteiger charge is -2.10. The average molecular weight is 626 g/mol. The smallest absolute Gasteiger partial charge is 0.124 e. The summed E-state index contributed by atoms with van der Waals surface area (Å²) in [5, 5.41) is 10.7. The summed E-state index contributed by atoms with van der Waals surface area (Å²) in [7, 11) is 4.10. The highest BCUT2D eigenvalue weighted by atomic mass is 19.1. The predicted molar refractivity (Wildman–Crippen MR) is 196 cm³/mol. The molecule has 0 aliphatic carbocycles. The Kier molecular flexibility index (Phi) is 11.0. The highest BCUT2D eigenvalue weighted by molar-refractivity contribution is 5.97. The Morgan fingerprint density at radius 1 is 1.00 bits per heavy atom. The maximum Gasteiger partial charge on any atom is 0.124 e. The van der Waals surface area contributed by atoms with Crippen LogP contribution >= 0.6 is 0 Å². The first kappa shape index (κ1) is 33.3. The summed E-state index contributed by atoms with van der Waals surface area (Å²) >= 11 is 0. The van der Waals surface area contributed by atoms with Crippen molar-refractivity contribution in [1.29, 1.82) is 0 Å². The molecule has 2 N–H and O–H groups in total. The number of hydrogen-bond acceptors (Lipinski definition) is 3. The lowest BCUT2D eigenvalue weighted by atomic mass is 9.98. The van der Waals surface area contributed by atoms with Crippen LogP contribution < -0.4 is 10.6 Å². The molecule has 0 radical (unpaired) electrons. The van der Waals surface area contributed by atoms with Crippen LogP contribution in [0, 0.1) is 5.82 Å². The van der Waals surface area contributed by atoms with Crippen LogP contribution in [0.2, 0.25) is 0 Å². The molecule has 0 aliphatic rings. The largest absolute Gasteiger partial charge is 0.352 e. The number of aromatic nitrogens is 4. The van der Waals surface area contributed by atoms with Crippen LogP contribution in [0.15, 0.2) is 115 Å². The first-order valence-electron chi connectivity index (χ1n) is 16.2. The number of nitrogens with one attached hydrogen (secondary N) is 2. The van der Waals surface area contributed by atoms with Gasteiger partial charge < -0.3 is 9.88 Å². The van der Waals surface area contributed by atoms with E-state index in [0.717, 1.165) is 98.5 Å². The van der Waals surface area contributed by atoms with Crippen molar-refractivity contribution < 1.29 is 4.39 Å². The SMILES string of the molecule is C=C/C(=C\C(=C/C)C(=C)/C=c1/c(-c2cc3c(-c4cc(F)cc(CCCN(C)C)c4)cncc3[nH]2)n[nH]/c1=C/C)CCc1ccccc1. The number of fused-ring (bicyclic) bond motifs is 1. The third-order valence-corrected chi connectivity index (χ3v) is 8.41. The van der Waals surface area contributed by atoms with E-state index < -0.39 is 0 Å². The van der Waals surface area contributed by atoms with Gasteiger partial charge >= 0.3 is 0 Å². The number of benzene rings is 2. The highest BCUT2D eigenvalue weighted by Crippen LogP contribution is 2.32. The maximum absolute atomic E-state index is 14.8. The fraction of sp³-hybridized carbons (Fsp3) is 0.220. The van der Waals surface area contributed by atoms with Crippen LogP contribution in [0.3, 0.4) is 0 Å². The molecule has 6 heteroatoms. The number of nitrogens with zero attached hydrogens (tertiary/aromatic N) is 3. The van der Waals surface area contributed by atoms with Crippen LogP contribution in [0.4, 0.5) is 4.39 Å². The van der Waals surface area contributed by atoms with Gasteiger partial charge in [-0.1, -0.05) is 73.9 Å². The Labute approximate surface area is 277 Å². The Morgan fingerprint density at radius 3 is 2.53 bits per heavy atom. The number of H-pyrrole nitrogens is 2. The van der Waals surface area contributed by atoms with Crippen molar-refractivity contribution in [1.82, 2.24) is 25.1 Å². The van der Waals surface area contributed by atoms with Gasteiger partial charge in [0.05, 0.1) is 22.8 Å². The molecule has 0 amide bonds. The number of pyridine rings is 1. The summed E-state index contributed by atoms with van der Waals surface area (Å²) in [6, 6.07) is 17.9. The Bertz CT molecular complexity index is 2060. The fourth-order valence-electron chi connectivity index (χ4n) is 5.88. The Balaban J connectivity index is 1.48. The monoisotopic (exact) mass is 625 g/mol. The first-order valence-corrected chi connectivity index (χ1v) is 16.2. The number of hydrogen-bond donors (Lipinski definition) is 2. The van der Waals surface area contributed by atoms with Crippen molar-refractivity contribution in [2.75, 3.05) is 20.6 Å². The minimum Gasteiger partial charge on any atom is -0.352 e. The molecule has 240 valence electrons. The Hall–Kier alpha value is -5.07. The van der Waals surface area contributed by atoms with Crippen molar-refractivity contribution in [3.05, 3.63) is 143 Å². The molecule has 47 heavy (non-hydrogen) atoms. The molecule has 0 aliphatic heterocycles. The molecule has 0 fully saturated rings. The zero-order valence-electron chi connectivity index (χ0n) is 27.9. The molecule has 5 rings (SSSR count). The van der Waals surface area contributed by atoms with Crippen molar-refractivity contribution >= 4 is 23.1 Å². The van der Waals surface area contributed by atoms with E-state index in [0.29, 0.717) is 0 Å². The van der Waals surface area contributed by atoms with Crippen LogP contribution in [0.25, 0.3) is 45.6 Å². The molecule has 0 saturated carbocycles. The fourth-order valence-corrected chi connectivity index (χ4v) is 5.88. The normalized spacial score (nSPS) is 13.2. The second-order valence-corrected chi connectivity index (χ2v) is 12.1. The van der Waals surface area contributed by atoms with E-state index in [1.807, 2.05) is 38.3 Å². The van der Waals surface area contributed by atoms with Gasteiger partial charge in [-0.3, -0.25) is 10.1 Å². The quantitative estimate of drug-likeness (QED) is 0.130. The molecule has 5 nitrogen and oxygen atoms in total. The Morgan fingerprint density at radius 2 is 1.81 bits per heavy atom. The minimum atomic E-state index is -0.241. The van der Waals surface area contributed by atoms with Gasteiger partial charge in [-0.2, -0.15) is 5.10 Å². The molecule has 3 heterocycles. The zero-order valence-corrected chi connectivity index (χ0v) is 27.9. The van der Waals surface area contributed by atoms with Gasteiger partial charge in [0.2, 0.25) is 0 Å². The van der Waals surface area contributed by atoms with Crippen molar-refractivity contribution in [3.8, 4) is 22.5 Å². The van der Waals surface area contributed by atoms with E-state index in [1.54, 1.807) is 18.3 Å². The zero-order chi connectivity index (χ0) is 33.3. The lowest BCUT2D eigenvalue weighted by molar-refractivity contribution is 0.400. The summed E-state index contributed by atoms with van der Waals surface area (Å²) in [4.78, 5) is 10.2. The summed E-state index contributed by atoms with van der Waals surface area (Å²) in [5.41, 5.74) is 9.49. The second kappa shape index (κ2) is 15.5. The third kappa shape index (κ3) is 8.21. The van der Waals surface area contributed by atoms with Crippen LogP contribution in [-0.2, 0) is 12.8 Å². The van der Waals surface area contributed by atoms with Gasteiger partial charge in [0.15, 0.2) is 0 Å². The van der Waals surface area contributed by atoms with Gasteiger partial charge in [0.1, 0.15) is 11.5 Å². The predicted octanol–water partition coefficient (Wildman–Crippen LogP) is 8.08. The molecular weight excluding hydrogens is 581 g/mol. The van der Waals surface area contributed by atoms with Crippen LogP contribution in [0.5, 0.6) is 0 Å². The first-order chi connectivity index (χ1) is 22.8. The molecule has 0 atom stereocenters. The summed E-state index contributed by atoms with van der Waals surface area (Å²) in [6.45, 7) is 13.5. The standard InChI is InChI=1S/C41H44FN5/c1-7-29(17-18-30-14-11-10-12-15-30)21-32(8-2)28(4)20-36-38(9-3)45-46-41(36)39-25-35-37(26-43-27-40(35)44-39)33-22-31(23-34(42)24-33)16-13-19-47(5)6/h7-12,14-15,20-27,44-45H,1,4,13,16-19H2,2-3,5-6H3/b29-21+,32-8+,36-20+,38-9+. The topological polar surface area (TPSA) is 60.6 Å². The van der Waals surface area contributed by atoms with Gasteiger partial charge in [-0.25, -0.2) is 4.39 Å². The summed E-state index contributed by atoms with van der Waals surface area (Å²) < 4.78 is 14.8. The van der Waals surface area contributed by atoms with Crippen molar-refractivity contribution in [2.24, 2.45) is 0 Å². The van der Waals surface area contributed by atoms with E-state index >= 15 is 0 Å². The molecule has 0 bridgehead atoms. The van der Waals surface area contributed by atoms with E-state index in [2.05, 4.69) is 102 Å². The van der Waals surface area contributed by atoms with E-state index in [-0.39, 0.29) is 5.82 Å². The number of rotatable bonds is 13. The van der Waals surface area contributed by atoms with Gasteiger partial charge in [-0.05, 0) is 118 Å². The van der Waals surface area contributed by atoms with Crippen molar-refractivity contribution in [2.45, 2.75) is 39.5 Å². The van der Waals surface area contributed by atoms with Crippen molar-refractivity contribution in [3.63, 3.8) is 0 Å². The summed E-state index contributed by atoms with van der Waals surface area (Å²) in [6.07, 6.45) is 17.5. The number of aryl methyl sites for hydroxylation is 2. The highest BCUT2D eigenvalue weighted by Gasteiger charge is 2.14. The minimum absolute atomic E-state index is 0.241. The molecule has 0 saturated heterocycles. The lowest BCUT2D eigenvalue weighted by Crippen LogP contribution is -2.23. The number of aromatic amines is 2. The third-order valence-electron chi connectivity index (χ3n) is 8.41. The molecular formula is C41H44FN5. The van der Waals surface area contributed by atoms with Gasteiger partial charge in [-0.15, -0.1) is 0 Å². The average Bonchev–Trinajstić information content (AvgIpc) is 3.68. The van der Waals surface area contributed by atoms with E-state index in [1.165, 1.54) is 5.56 Å². The second-order valence-electron chi connectivity index (χ2n) is 12.1. The number of allylic oxidation sites excluding steroid dienone is 6. The van der Waals surface area contributed by atoms with Gasteiger partial charge in [0.25, 0.3) is 0 Å². The molecule has 2 aromatic carbocycles. The van der Waals surface area contributed by atoms with Crippen LogP contribution in [0.1, 0.15) is 37.8 Å². The van der Waals surface area contributed by atoms with E-state index in [4.69, 9.17) is 5.10 Å². The molecule has 5 aromatic rings. The maximum atomic E-state index is 14.8. The number of halogens is 1. The molecule has 0 unspecified atom stereocenters. The molecule has 3 aromatic heterocycles. The van der Waals surface area contributed by atoms with E-state index in [9.17, 15) is 4.39 Å². The molecule has 0 spiro atoms. The summed E-state index contributed by atoms with van der Waals surface area (Å²) in [5.74, 6) is -0.241. The van der Waals surface area contributed by atoms with Crippen LogP contribution in [-0.4, -0.2) is 45.7 Å².